The SMILES string of the molecule is CC(=O)N(C)Cc1ccccc1NC(=O)NCCO[C@H]1CCCC[C@@H]1C. The van der Waals surface area contributed by atoms with E-state index in [0.717, 1.165) is 12.0 Å². The van der Waals surface area contributed by atoms with Crippen molar-refractivity contribution in [3.63, 3.8) is 0 Å². The van der Waals surface area contributed by atoms with Gasteiger partial charge in [0.25, 0.3) is 0 Å². The fourth-order valence-corrected chi connectivity index (χ4v) is 3.22. The lowest BCUT2D eigenvalue weighted by Crippen LogP contribution is -2.34. The number of nitrogens with zero attached hydrogens (tertiary/aromatic N) is 1. The van der Waals surface area contributed by atoms with Gasteiger partial charge in [-0.25, -0.2) is 4.79 Å². The standard InChI is InChI=1S/C20H31N3O3/c1-15-8-4-7-11-19(15)26-13-12-21-20(25)22-18-10-6-5-9-17(18)14-23(3)16(2)24/h5-6,9-10,15,19H,4,7-8,11-14H2,1-3H3,(H2,21,22,25)/t15-,19-/m0/s1. The summed E-state index contributed by atoms with van der Waals surface area (Å²) < 4.78 is 5.91. The second-order valence-corrected chi connectivity index (χ2v) is 7.08. The van der Waals surface area contributed by atoms with E-state index < -0.39 is 0 Å². The average molecular weight is 361 g/mol. The molecule has 0 aromatic heterocycles. The third-order valence-electron chi connectivity index (χ3n) is 4.96. The maximum atomic E-state index is 12.1. The molecule has 6 nitrogen and oxygen atoms in total. The molecule has 0 unspecified atom stereocenters. The summed E-state index contributed by atoms with van der Waals surface area (Å²) in [5.74, 6) is 0.584. The van der Waals surface area contributed by atoms with Crippen LogP contribution < -0.4 is 10.6 Å². The number of benzene rings is 1. The maximum Gasteiger partial charge on any atom is 0.319 e. The van der Waals surface area contributed by atoms with E-state index in [1.54, 1.807) is 11.9 Å². The number of carbonyl (C=O) groups excluding carboxylic acids is 2. The van der Waals surface area contributed by atoms with Crippen LogP contribution in [0.15, 0.2) is 24.3 Å². The largest absolute Gasteiger partial charge is 0.376 e. The second kappa shape index (κ2) is 10.2. The van der Waals surface area contributed by atoms with Crippen molar-refractivity contribution in [3.8, 4) is 0 Å². The van der Waals surface area contributed by atoms with Gasteiger partial charge in [0, 0.05) is 32.7 Å². The quantitative estimate of drug-likeness (QED) is 0.732. The zero-order valence-electron chi connectivity index (χ0n) is 16.1. The summed E-state index contributed by atoms with van der Waals surface area (Å²) in [6.45, 7) is 5.21. The van der Waals surface area contributed by atoms with Crippen molar-refractivity contribution in [3.05, 3.63) is 29.8 Å². The number of anilines is 1. The summed E-state index contributed by atoms with van der Waals surface area (Å²) >= 11 is 0. The molecule has 0 aliphatic heterocycles. The smallest absolute Gasteiger partial charge is 0.319 e. The first-order valence-corrected chi connectivity index (χ1v) is 9.43. The molecule has 0 spiro atoms. The first kappa shape index (κ1) is 20.2. The first-order valence-electron chi connectivity index (χ1n) is 9.43. The first-order chi connectivity index (χ1) is 12.5. The van der Waals surface area contributed by atoms with Gasteiger partial charge >= 0.3 is 6.03 Å². The number of carbonyl (C=O) groups is 2. The van der Waals surface area contributed by atoms with Gasteiger partial charge in [-0.15, -0.1) is 0 Å². The maximum absolute atomic E-state index is 12.1. The van der Waals surface area contributed by atoms with Crippen LogP contribution in [0.2, 0.25) is 0 Å². The summed E-state index contributed by atoms with van der Waals surface area (Å²) in [5, 5.41) is 5.69. The Bertz CT molecular complexity index is 606. The van der Waals surface area contributed by atoms with Gasteiger partial charge in [0.05, 0.1) is 12.7 Å². The highest BCUT2D eigenvalue weighted by Crippen LogP contribution is 2.26. The monoisotopic (exact) mass is 361 g/mol. The zero-order chi connectivity index (χ0) is 18.9. The summed E-state index contributed by atoms with van der Waals surface area (Å²) in [6, 6.07) is 7.24. The van der Waals surface area contributed by atoms with Gasteiger partial charge in [-0.05, 0) is 30.4 Å². The van der Waals surface area contributed by atoms with Crippen molar-refractivity contribution in [2.45, 2.75) is 52.2 Å². The molecule has 2 atom stereocenters. The highest BCUT2D eigenvalue weighted by molar-refractivity contribution is 5.90. The molecule has 0 heterocycles. The van der Waals surface area contributed by atoms with E-state index in [0.29, 0.717) is 37.4 Å². The Labute approximate surface area is 156 Å². The van der Waals surface area contributed by atoms with Crippen molar-refractivity contribution in [2.75, 3.05) is 25.5 Å². The van der Waals surface area contributed by atoms with Crippen LogP contribution in [-0.2, 0) is 16.1 Å². The minimum Gasteiger partial charge on any atom is -0.376 e. The molecule has 1 aliphatic rings. The molecule has 1 aliphatic carbocycles. The molecule has 1 aromatic rings. The number of rotatable bonds is 7. The molecule has 0 saturated heterocycles. The van der Waals surface area contributed by atoms with Crippen molar-refractivity contribution >= 4 is 17.6 Å². The predicted octanol–water partition coefficient (Wildman–Crippen LogP) is 3.38. The molecule has 1 fully saturated rings. The Morgan fingerprint density at radius 3 is 2.69 bits per heavy atom. The minimum absolute atomic E-state index is 0.0154. The van der Waals surface area contributed by atoms with Gasteiger partial charge < -0.3 is 20.3 Å². The summed E-state index contributed by atoms with van der Waals surface area (Å²) in [7, 11) is 1.74. The van der Waals surface area contributed by atoms with Crippen LogP contribution in [0.4, 0.5) is 10.5 Å². The number of hydrogen-bond acceptors (Lipinski definition) is 3. The van der Waals surface area contributed by atoms with Crippen molar-refractivity contribution in [2.24, 2.45) is 5.92 Å². The van der Waals surface area contributed by atoms with E-state index >= 15 is 0 Å². The van der Waals surface area contributed by atoms with Crippen molar-refractivity contribution < 1.29 is 14.3 Å². The van der Waals surface area contributed by atoms with E-state index in [4.69, 9.17) is 4.74 Å². The number of urea groups is 1. The molecule has 3 amide bonds. The fourth-order valence-electron chi connectivity index (χ4n) is 3.22. The molecule has 26 heavy (non-hydrogen) atoms. The Balaban J connectivity index is 1.76. The third kappa shape index (κ3) is 6.33. The van der Waals surface area contributed by atoms with Gasteiger partial charge in [-0.2, -0.15) is 0 Å². The van der Waals surface area contributed by atoms with Crippen molar-refractivity contribution in [1.29, 1.82) is 0 Å². The van der Waals surface area contributed by atoms with Crippen LogP contribution in [0.5, 0.6) is 0 Å². The lowest BCUT2D eigenvalue weighted by atomic mass is 9.88. The molecule has 144 valence electrons. The lowest BCUT2D eigenvalue weighted by Gasteiger charge is -2.28. The summed E-state index contributed by atoms with van der Waals surface area (Å²) in [6.07, 6.45) is 5.18. The zero-order valence-corrected chi connectivity index (χ0v) is 16.1. The van der Waals surface area contributed by atoms with E-state index in [-0.39, 0.29) is 11.9 Å². The van der Waals surface area contributed by atoms with Crippen molar-refractivity contribution in [1.82, 2.24) is 10.2 Å². The predicted molar refractivity (Wildman–Crippen MR) is 103 cm³/mol. The van der Waals surface area contributed by atoms with Gasteiger partial charge in [-0.1, -0.05) is 38.0 Å². The van der Waals surface area contributed by atoms with Crippen LogP contribution >= 0.6 is 0 Å². The van der Waals surface area contributed by atoms with Crippen LogP contribution in [-0.4, -0.2) is 43.1 Å². The Morgan fingerprint density at radius 1 is 1.23 bits per heavy atom. The topological polar surface area (TPSA) is 70.7 Å². The molecule has 1 aromatic carbocycles. The number of ether oxygens (including phenoxy) is 1. The van der Waals surface area contributed by atoms with E-state index in [1.165, 1.54) is 26.2 Å². The summed E-state index contributed by atoms with van der Waals surface area (Å²) in [5.41, 5.74) is 1.60. The molecule has 0 bridgehead atoms. The Morgan fingerprint density at radius 2 is 1.96 bits per heavy atom. The molecular weight excluding hydrogens is 330 g/mol. The molecule has 2 rings (SSSR count). The van der Waals surface area contributed by atoms with Gasteiger partial charge in [0.2, 0.25) is 5.91 Å². The van der Waals surface area contributed by atoms with Gasteiger partial charge in [0.15, 0.2) is 0 Å². The summed E-state index contributed by atoms with van der Waals surface area (Å²) in [4.78, 5) is 25.2. The number of para-hydroxylation sites is 1. The number of nitrogens with one attached hydrogen (secondary N) is 2. The van der Waals surface area contributed by atoms with E-state index in [2.05, 4.69) is 17.6 Å². The Kier molecular flexibility index (Phi) is 7.91. The third-order valence-corrected chi connectivity index (χ3v) is 4.96. The number of hydrogen-bond donors (Lipinski definition) is 2. The van der Waals surface area contributed by atoms with E-state index in [9.17, 15) is 9.59 Å². The van der Waals surface area contributed by atoms with Crippen LogP contribution in [0.1, 0.15) is 45.1 Å². The van der Waals surface area contributed by atoms with Gasteiger partial charge in [-0.3, -0.25) is 4.79 Å². The lowest BCUT2D eigenvalue weighted by molar-refractivity contribution is -0.128. The van der Waals surface area contributed by atoms with Crippen LogP contribution in [0.25, 0.3) is 0 Å². The molecule has 1 saturated carbocycles. The fraction of sp³-hybridized carbons (Fsp3) is 0.600. The Hall–Kier alpha value is -2.08. The van der Waals surface area contributed by atoms with Gasteiger partial charge in [0.1, 0.15) is 0 Å². The molecule has 0 radical (unpaired) electrons. The second-order valence-electron chi connectivity index (χ2n) is 7.08. The highest BCUT2D eigenvalue weighted by Gasteiger charge is 2.21. The van der Waals surface area contributed by atoms with Crippen LogP contribution in [0.3, 0.4) is 0 Å². The van der Waals surface area contributed by atoms with Crippen LogP contribution in [0, 0.1) is 5.92 Å². The minimum atomic E-state index is -0.261. The normalized spacial score (nSPS) is 19.7. The van der Waals surface area contributed by atoms with E-state index in [1.807, 2.05) is 24.3 Å². The molecular formula is C20H31N3O3. The molecule has 6 heteroatoms. The number of amides is 3. The average Bonchev–Trinajstić information content (AvgIpc) is 2.61. The highest BCUT2D eigenvalue weighted by atomic mass is 16.5. The molecule has 2 N–H and O–H groups in total.